The van der Waals surface area contributed by atoms with E-state index in [1.54, 1.807) is 19.9 Å². The number of allylic oxidation sites excluding steroid dienone is 2. The predicted molar refractivity (Wildman–Crippen MR) is 106 cm³/mol. The molecule has 7 heteroatoms. The summed E-state index contributed by atoms with van der Waals surface area (Å²) >= 11 is 0. The lowest BCUT2D eigenvalue weighted by atomic mass is 9.80. The van der Waals surface area contributed by atoms with E-state index >= 15 is 0 Å². The van der Waals surface area contributed by atoms with Gasteiger partial charge in [-0.05, 0) is 63.0 Å². The molecule has 0 amide bonds. The Kier molecular flexibility index (Phi) is 6.55. The zero-order valence-corrected chi connectivity index (χ0v) is 16.8. The number of nitrogens with zero attached hydrogens (tertiary/aromatic N) is 2. The van der Waals surface area contributed by atoms with Crippen LogP contribution in [0.15, 0.2) is 41.0 Å². The number of esters is 1. The number of rotatable bonds is 5. The van der Waals surface area contributed by atoms with Crippen molar-refractivity contribution in [2.24, 2.45) is 5.73 Å². The van der Waals surface area contributed by atoms with Crippen molar-refractivity contribution in [3.05, 3.63) is 57.9 Å². The van der Waals surface area contributed by atoms with Crippen LogP contribution in [0.3, 0.4) is 0 Å². The largest absolute Gasteiger partial charge is 0.463 e. The van der Waals surface area contributed by atoms with Gasteiger partial charge in [0, 0.05) is 6.54 Å². The number of carbonyl (C=O) groups is 1. The molecule has 0 aromatic heterocycles. The van der Waals surface area contributed by atoms with Crippen LogP contribution in [-0.4, -0.2) is 30.6 Å². The molecular weight excluding hydrogens is 373 g/mol. The van der Waals surface area contributed by atoms with Crippen LogP contribution in [0.25, 0.3) is 0 Å². The number of piperidine rings is 1. The number of ether oxygens (including phenoxy) is 2. The molecule has 2 aliphatic heterocycles. The number of hydrogen-bond acceptors (Lipinski definition) is 6. The third kappa shape index (κ3) is 4.43. The monoisotopic (exact) mass is 399 g/mol. The molecule has 29 heavy (non-hydrogen) atoms. The molecule has 6 nitrogen and oxygen atoms in total. The van der Waals surface area contributed by atoms with Crippen LogP contribution in [0, 0.1) is 17.1 Å². The molecule has 2 aliphatic rings. The Hall–Kier alpha value is -2.85. The average Bonchev–Trinajstić information content (AvgIpc) is 2.68. The number of nitrogens with two attached hydrogens (primary N) is 1. The maximum atomic E-state index is 14.1. The molecule has 2 N–H and O–H groups in total. The quantitative estimate of drug-likeness (QED) is 0.763. The molecule has 1 atom stereocenters. The van der Waals surface area contributed by atoms with Gasteiger partial charge >= 0.3 is 5.97 Å². The van der Waals surface area contributed by atoms with Crippen LogP contribution in [-0.2, 0) is 20.8 Å². The normalized spacial score (nSPS) is 20.3. The molecule has 0 aliphatic carbocycles. The molecule has 154 valence electrons. The summed E-state index contributed by atoms with van der Waals surface area (Å²) in [7, 11) is 0. The van der Waals surface area contributed by atoms with E-state index in [0.29, 0.717) is 12.1 Å². The summed E-state index contributed by atoms with van der Waals surface area (Å²) in [5.41, 5.74) is 7.73. The number of halogens is 1. The van der Waals surface area contributed by atoms with Gasteiger partial charge in [-0.2, -0.15) is 5.26 Å². The minimum absolute atomic E-state index is 0.0451. The van der Waals surface area contributed by atoms with Gasteiger partial charge < -0.3 is 15.2 Å². The Morgan fingerprint density at radius 1 is 1.38 bits per heavy atom. The Bertz CT molecular complexity index is 895. The minimum Gasteiger partial charge on any atom is -0.463 e. The fourth-order valence-electron chi connectivity index (χ4n) is 4.02. The van der Waals surface area contributed by atoms with E-state index in [1.807, 2.05) is 0 Å². The van der Waals surface area contributed by atoms with Crippen LogP contribution in [0.4, 0.5) is 4.39 Å². The fourth-order valence-corrected chi connectivity index (χ4v) is 4.02. The fraction of sp³-hybridized carbons (Fsp3) is 0.455. The van der Waals surface area contributed by atoms with Crippen LogP contribution in [0.2, 0.25) is 0 Å². The smallest absolute Gasteiger partial charge is 0.338 e. The first-order chi connectivity index (χ1) is 14.0. The third-order valence-electron chi connectivity index (χ3n) is 5.36. The second-order valence-electron chi connectivity index (χ2n) is 7.30. The van der Waals surface area contributed by atoms with Gasteiger partial charge in [-0.1, -0.05) is 12.5 Å². The first kappa shape index (κ1) is 20.9. The van der Waals surface area contributed by atoms with Crippen molar-refractivity contribution in [1.29, 1.82) is 5.26 Å². The molecule has 1 aromatic rings. The third-order valence-corrected chi connectivity index (χ3v) is 5.36. The second-order valence-corrected chi connectivity index (χ2v) is 7.30. The summed E-state index contributed by atoms with van der Waals surface area (Å²) in [6.45, 7) is 5.93. The second kappa shape index (κ2) is 9.10. The molecule has 0 radical (unpaired) electrons. The van der Waals surface area contributed by atoms with E-state index < -0.39 is 11.9 Å². The first-order valence-electron chi connectivity index (χ1n) is 9.92. The topological polar surface area (TPSA) is 88.6 Å². The van der Waals surface area contributed by atoms with E-state index in [-0.39, 0.29) is 35.2 Å². The molecule has 0 saturated carbocycles. The van der Waals surface area contributed by atoms with Crippen LogP contribution in [0.1, 0.15) is 50.2 Å². The van der Waals surface area contributed by atoms with Gasteiger partial charge in [0.05, 0.1) is 18.1 Å². The van der Waals surface area contributed by atoms with Crippen molar-refractivity contribution in [2.45, 2.75) is 45.6 Å². The molecular formula is C22H26FN3O3. The van der Waals surface area contributed by atoms with Crippen molar-refractivity contribution in [3.63, 3.8) is 0 Å². The van der Waals surface area contributed by atoms with Gasteiger partial charge in [0.25, 0.3) is 0 Å². The van der Waals surface area contributed by atoms with E-state index in [1.165, 1.54) is 18.6 Å². The number of benzene rings is 1. The highest BCUT2D eigenvalue weighted by Gasteiger charge is 2.37. The van der Waals surface area contributed by atoms with Gasteiger partial charge in [0.1, 0.15) is 23.2 Å². The highest BCUT2D eigenvalue weighted by molar-refractivity contribution is 5.92. The lowest BCUT2D eigenvalue weighted by Gasteiger charge is -2.31. The Labute approximate surface area is 170 Å². The average molecular weight is 399 g/mol. The van der Waals surface area contributed by atoms with Gasteiger partial charge in [-0.15, -0.1) is 0 Å². The summed E-state index contributed by atoms with van der Waals surface area (Å²) in [5, 5.41) is 9.75. The van der Waals surface area contributed by atoms with Gasteiger partial charge in [-0.3, -0.25) is 4.90 Å². The zero-order valence-electron chi connectivity index (χ0n) is 16.8. The molecule has 1 fully saturated rings. The minimum atomic E-state index is -0.756. The van der Waals surface area contributed by atoms with Crippen molar-refractivity contribution in [1.82, 2.24) is 4.90 Å². The number of carbonyl (C=O) groups excluding carboxylic acids is 1. The van der Waals surface area contributed by atoms with Crippen molar-refractivity contribution in [3.8, 4) is 6.07 Å². The van der Waals surface area contributed by atoms with Crippen LogP contribution in [0.5, 0.6) is 0 Å². The van der Waals surface area contributed by atoms with Crippen molar-refractivity contribution < 1.29 is 18.7 Å². The molecule has 3 rings (SSSR count). The molecule has 0 bridgehead atoms. The molecule has 1 saturated heterocycles. The number of likely N-dealkylation sites (tertiary alicyclic amines) is 1. The Morgan fingerprint density at radius 3 is 2.76 bits per heavy atom. The van der Waals surface area contributed by atoms with Crippen molar-refractivity contribution in [2.75, 3.05) is 19.7 Å². The molecule has 2 heterocycles. The van der Waals surface area contributed by atoms with Gasteiger partial charge in [0.15, 0.2) is 0 Å². The number of hydrogen-bond donors (Lipinski definition) is 1. The van der Waals surface area contributed by atoms with E-state index in [0.717, 1.165) is 31.5 Å². The zero-order chi connectivity index (χ0) is 21.0. The van der Waals surface area contributed by atoms with Crippen molar-refractivity contribution >= 4 is 5.97 Å². The summed E-state index contributed by atoms with van der Waals surface area (Å²) in [6.07, 6.45) is 3.40. The van der Waals surface area contributed by atoms with E-state index in [4.69, 9.17) is 15.2 Å². The Morgan fingerprint density at radius 2 is 2.10 bits per heavy atom. The highest BCUT2D eigenvalue weighted by atomic mass is 19.1. The highest BCUT2D eigenvalue weighted by Crippen LogP contribution is 2.41. The molecule has 1 unspecified atom stereocenters. The summed E-state index contributed by atoms with van der Waals surface area (Å²) in [6, 6.07) is 6.52. The first-order valence-corrected chi connectivity index (χ1v) is 9.92. The maximum Gasteiger partial charge on any atom is 0.338 e. The Balaban J connectivity index is 2.10. The van der Waals surface area contributed by atoms with E-state index in [9.17, 15) is 14.4 Å². The van der Waals surface area contributed by atoms with Crippen LogP contribution < -0.4 is 5.73 Å². The lowest BCUT2D eigenvalue weighted by Crippen LogP contribution is -2.31. The summed E-state index contributed by atoms with van der Waals surface area (Å²) in [5.74, 6) is -1.44. The van der Waals surface area contributed by atoms with Gasteiger partial charge in [0.2, 0.25) is 5.88 Å². The standard InChI is InChI=1S/C22H26FN3O3/c1-3-28-22(27)19-14(2)29-21(25)18(12-24)20(19)17-8-7-16(23)11-15(17)13-26-9-5-4-6-10-26/h7-8,11,20H,3-6,9-10,13,25H2,1-2H3. The predicted octanol–water partition coefficient (Wildman–Crippen LogP) is 3.46. The SMILES string of the molecule is CCOC(=O)C1=C(C)OC(N)=C(C#N)C1c1ccc(F)cc1CN1CCCCC1. The molecule has 0 spiro atoms. The molecule has 1 aromatic carbocycles. The summed E-state index contributed by atoms with van der Waals surface area (Å²) in [4.78, 5) is 15.0. The summed E-state index contributed by atoms with van der Waals surface area (Å²) < 4.78 is 24.8. The lowest BCUT2D eigenvalue weighted by molar-refractivity contribution is -0.139. The van der Waals surface area contributed by atoms with Gasteiger partial charge in [-0.25, -0.2) is 9.18 Å². The maximum absolute atomic E-state index is 14.1. The van der Waals surface area contributed by atoms with Crippen LogP contribution >= 0.6 is 0 Å². The number of nitriles is 1. The van der Waals surface area contributed by atoms with E-state index in [2.05, 4.69) is 11.0 Å².